The Balaban J connectivity index is 3.21. The quantitative estimate of drug-likeness (QED) is 0.330. The maximum atomic E-state index is 10.4. The lowest BCUT2D eigenvalue weighted by Crippen LogP contribution is -2.18. The van der Waals surface area contributed by atoms with Crippen LogP contribution < -0.4 is 5.73 Å². The molecule has 2 N–H and O–H groups in total. The molecule has 4 heteroatoms. The molecule has 0 atom stereocenters. The summed E-state index contributed by atoms with van der Waals surface area (Å²) in [5.74, 6) is 0.231. The topological polar surface area (TPSA) is 61.6 Å². The number of carbonyl (C=O) groups excluding carboxylic acids is 1. The van der Waals surface area contributed by atoms with Crippen molar-refractivity contribution in [3.63, 3.8) is 0 Å². The monoisotopic (exact) mass is 253 g/mol. The van der Waals surface area contributed by atoms with Gasteiger partial charge < -0.3 is 15.2 Å². The number of ether oxygens (including phenoxy) is 2. The fraction of sp³-hybridized carbons (Fsp3) is 0.500. The highest BCUT2D eigenvalue weighted by molar-refractivity contribution is 5.74. The standard InChI is InChI=1S/C14H23NO3/c1-3-4-9-13(2)18-11-8-6-5-7-10-17-12-14(15)16/h3-4,9H,1-2,5-8,10-12H2,(H2,15,16)/b9-4-. The number of hydrogen-bond donors (Lipinski definition) is 1. The van der Waals surface area contributed by atoms with E-state index in [-0.39, 0.29) is 6.61 Å². The highest BCUT2D eigenvalue weighted by atomic mass is 16.5. The van der Waals surface area contributed by atoms with E-state index in [4.69, 9.17) is 15.2 Å². The Kier molecular flexibility index (Phi) is 10.9. The van der Waals surface area contributed by atoms with Gasteiger partial charge in [-0.25, -0.2) is 0 Å². The molecule has 0 aliphatic rings. The summed E-state index contributed by atoms with van der Waals surface area (Å²) in [4.78, 5) is 10.4. The predicted molar refractivity (Wildman–Crippen MR) is 72.9 cm³/mol. The van der Waals surface area contributed by atoms with Gasteiger partial charge >= 0.3 is 0 Å². The lowest BCUT2D eigenvalue weighted by atomic mass is 10.2. The van der Waals surface area contributed by atoms with Crippen LogP contribution in [-0.2, 0) is 14.3 Å². The van der Waals surface area contributed by atoms with Gasteiger partial charge in [-0.2, -0.15) is 0 Å². The first-order valence-electron chi connectivity index (χ1n) is 6.13. The highest BCUT2D eigenvalue weighted by Gasteiger charge is 1.95. The van der Waals surface area contributed by atoms with Gasteiger partial charge in [-0.1, -0.05) is 31.7 Å². The molecule has 0 unspecified atom stereocenters. The van der Waals surface area contributed by atoms with Crippen LogP contribution in [0.2, 0.25) is 0 Å². The zero-order chi connectivity index (χ0) is 13.6. The molecule has 0 aliphatic heterocycles. The summed E-state index contributed by atoms with van der Waals surface area (Å²) in [6, 6.07) is 0. The van der Waals surface area contributed by atoms with Crippen molar-refractivity contribution < 1.29 is 14.3 Å². The maximum absolute atomic E-state index is 10.4. The summed E-state index contributed by atoms with van der Waals surface area (Å²) in [6.45, 7) is 8.57. The molecule has 4 nitrogen and oxygen atoms in total. The van der Waals surface area contributed by atoms with Gasteiger partial charge in [0.2, 0.25) is 5.91 Å². The number of primary amides is 1. The molecular weight excluding hydrogens is 230 g/mol. The van der Waals surface area contributed by atoms with Crippen molar-refractivity contribution in [3.8, 4) is 0 Å². The van der Waals surface area contributed by atoms with E-state index in [1.807, 2.05) is 0 Å². The van der Waals surface area contributed by atoms with Crippen molar-refractivity contribution in [2.24, 2.45) is 5.73 Å². The van der Waals surface area contributed by atoms with E-state index in [0.29, 0.717) is 19.0 Å². The molecule has 0 aromatic rings. The summed E-state index contributed by atoms with van der Waals surface area (Å²) in [6.07, 6.45) is 9.29. The minimum absolute atomic E-state index is 0.0125. The van der Waals surface area contributed by atoms with E-state index in [0.717, 1.165) is 25.7 Å². The van der Waals surface area contributed by atoms with Crippen LogP contribution >= 0.6 is 0 Å². The van der Waals surface area contributed by atoms with Gasteiger partial charge in [-0.05, 0) is 25.3 Å². The summed E-state index contributed by atoms with van der Waals surface area (Å²) in [7, 11) is 0. The highest BCUT2D eigenvalue weighted by Crippen LogP contribution is 2.03. The average molecular weight is 253 g/mol. The summed E-state index contributed by atoms with van der Waals surface area (Å²) < 4.78 is 10.4. The SMILES string of the molecule is C=C/C=C\C(=C)OCCCCCCOCC(N)=O. The van der Waals surface area contributed by atoms with E-state index in [9.17, 15) is 4.79 Å². The van der Waals surface area contributed by atoms with Crippen molar-refractivity contribution in [1.29, 1.82) is 0 Å². The Bertz CT molecular complexity index is 285. The number of hydrogen-bond acceptors (Lipinski definition) is 3. The minimum atomic E-state index is -0.422. The van der Waals surface area contributed by atoms with Crippen LogP contribution in [0.5, 0.6) is 0 Å². The first-order valence-corrected chi connectivity index (χ1v) is 6.13. The van der Waals surface area contributed by atoms with Crippen molar-refractivity contribution in [2.75, 3.05) is 19.8 Å². The Hall–Kier alpha value is -1.55. The van der Waals surface area contributed by atoms with Gasteiger partial charge in [0.15, 0.2) is 0 Å². The van der Waals surface area contributed by atoms with Gasteiger partial charge in [-0.3, -0.25) is 4.79 Å². The van der Waals surface area contributed by atoms with Crippen LogP contribution in [0.3, 0.4) is 0 Å². The third kappa shape index (κ3) is 12.5. The second-order valence-corrected chi connectivity index (χ2v) is 3.84. The minimum Gasteiger partial charge on any atom is -0.494 e. The second-order valence-electron chi connectivity index (χ2n) is 3.84. The molecule has 0 aromatic carbocycles. The molecule has 18 heavy (non-hydrogen) atoms. The zero-order valence-corrected chi connectivity index (χ0v) is 10.9. The summed E-state index contributed by atoms with van der Waals surface area (Å²) in [5.41, 5.74) is 4.94. The molecule has 0 spiro atoms. The van der Waals surface area contributed by atoms with Crippen molar-refractivity contribution >= 4 is 5.91 Å². The Labute approximate surface area is 109 Å². The Morgan fingerprint density at radius 3 is 2.44 bits per heavy atom. The number of allylic oxidation sites excluding steroid dienone is 3. The average Bonchev–Trinajstić information content (AvgIpc) is 2.34. The number of nitrogens with two attached hydrogens (primary N) is 1. The first kappa shape index (κ1) is 16.4. The molecule has 0 aromatic heterocycles. The fourth-order valence-electron chi connectivity index (χ4n) is 1.26. The van der Waals surface area contributed by atoms with Gasteiger partial charge in [-0.15, -0.1) is 0 Å². The van der Waals surface area contributed by atoms with Crippen LogP contribution in [0, 0.1) is 0 Å². The second kappa shape index (κ2) is 11.9. The van der Waals surface area contributed by atoms with Crippen LogP contribution in [0.15, 0.2) is 37.1 Å². The lowest BCUT2D eigenvalue weighted by Gasteiger charge is -2.05. The molecule has 0 fully saturated rings. The van der Waals surface area contributed by atoms with Crippen molar-refractivity contribution in [1.82, 2.24) is 0 Å². The van der Waals surface area contributed by atoms with Crippen LogP contribution in [0.25, 0.3) is 0 Å². The number of carbonyl (C=O) groups is 1. The number of unbranched alkanes of at least 4 members (excludes halogenated alkanes) is 3. The van der Waals surface area contributed by atoms with Gasteiger partial charge in [0.1, 0.15) is 12.4 Å². The van der Waals surface area contributed by atoms with Crippen LogP contribution in [0.4, 0.5) is 0 Å². The van der Waals surface area contributed by atoms with Crippen LogP contribution in [-0.4, -0.2) is 25.7 Å². The Morgan fingerprint density at radius 1 is 1.17 bits per heavy atom. The number of amides is 1. The third-order valence-electron chi connectivity index (χ3n) is 2.13. The third-order valence-corrected chi connectivity index (χ3v) is 2.13. The lowest BCUT2D eigenvalue weighted by molar-refractivity contribution is -0.122. The fourth-order valence-corrected chi connectivity index (χ4v) is 1.26. The largest absolute Gasteiger partial charge is 0.494 e. The zero-order valence-electron chi connectivity index (χ0n) is 10.9. The molecule has 102 valence electrons. The summed E-state index contributed by atoms with van der Waals surface area (Å²) in [5, 5.41) is 0. The normalized spacial score (nSPS) is 10.4. The smallest absolute Gasteiger partial charge is 0.243 e. The van der Waals surface area contributed by atoms with E-state index in [1.54, 1.807) is 18.2 Å². The molecule has 0 aliphatic carbocycles. The first-order chi connectivity index (χ1) is 8.66. The van der Waals surface area contributed by atoms with E-state index >= 15 is 0 Å². The van der Waals surface area contributed by atoms with Crippen molar-refractivity contribution in [3.05, 3.63) is 37.1 Å². The van der Waals surface area contributed by atoms with Gasteiger partial charge in [0.25, 0.3) is 0 Å². The molecule has 0 saturated heterocycles. The maximum Gasteiger partial charge on any atom is 0.243 e. The van der Waals surface area contributed by atoms with Gasteiger partial charge in [0, 0.05) is 6.61 Å². The molecular formula is C14H23NO3. The van der Waals surface area contributed by atoms with Gasteiger partial charge in [0.05, 0.1) is 6.61 Å². The predicted octanol–water partition coefficient (Wildman–Crippen LogP) is 2.32. The molecule has 0 saturated carbocycles. The number of rotatable bonds is 12. The van der Waals surface area contributed by atoms with Crippen molar-refractivity contribution in [2.45, 2.75) is 25.7 Å². The van der Waals surface area contributed by atoms with Crippen LogP contribution in [0.1, 0.15) is 25.7 Å². The molecule has 0 heterocycles. The summed E-state index contributed by atoms with van der Waals surface area (Å²) >= 11 is 0. The van der Waals surface area contributed by atoms with E-state index < -0.39 is 5.91 Å². The van der Waals surface area contributed by atoms with E-state index in [2.05, 4.69) is 13.2 Å². The molecule has 0 rings (SSSR count). The molecule has 0 bridgehead atoms. The Morgan fingerprint density at radius 2 is 1.83 bits per heavy atom. The molecule has 1 amide bonds. The molecule has 0 radical (unpaired) electrons. The van der Waals surface area contributed by atoms with E-state index in [1.165, 1.54) is 0 Å².